The van der Waals surface area contributed by atoms with Gasteiger partial charge in [0, 0.05) is 37.0 Å². The predicted octanol–water partition coefficient (Wildman–Crippen LogP) is 3.18. The highest BCUT2D eigenvalue weighted by Crippen LogP contribution is 2.50. The fraction of sp³-hybridized carbons (Fsp3) is 0.625. The van der Waals surface area contributed by atoms with Crippen molar-refractivity contribution in [2.24, 2.45) is 7.05 Å². The monoisotopic (exact) mass is 372 g/mol. The van der Waals surface area contributed by atoms with Crippen LogP contribution >= 0.6 is 11.3 Å². The van der Waals surface area contributed by atoms with Gasteiger partial charge in [-0.2, -0.15) is 13.2 Å². The molecule has 136 valence electrons. The van der Waals surface area contributed by atoms with E-state index in [2.05, 4.69) is 15.6 Å². The second kappa shape index (κ2) is 5.78. The highest BCUT2D eigenvalue weighted by Gasteiger charge is 2.47. The minimum Gasteiger partial charge on any atom is -0.370 e. The molecule has 0 unspecified atom stereocenters. The molecular weight excluding hydrogens is 353 g/mol. The van der Waals surface area contributed by atoms with Crippen LogP contribution in [-0.2, 0) is 30.0 Å². The molecule has 25 heavy (non-hydrogen) atoms. The zero-order valence-corrected chi connectivity index (χ0v) is 14.7. The molecule has 4 heterocycles. The number of piperidine rings is 1. The second-order valence-electron chi connectivity index (χ2n) is 6.88. The van der Waals surface area contributed by atoms with Crippen molar-refractivity contribution < 1.29 is 17.9 Å². The average molecular weight is 372 g/mol. The normalized spacial score (nSPS) is 29.8. The summed E-state index contributed by atoms with van der Waals surface area (Å²) in [5.41, 5.74) is 0.800. The van der Waals surface area contributed by atoms with E-state index in [1.807, 2.05) is 13.1 Å². The molecule has 5 nitrogen and oxygen atoms in total. The number of alkyl halides is 3. The van der Waals surface area contributed by atoms with Gasteiger partial charge in [-0.1, -0.05) is 5.21 Å². The van der Waals surface area contributed by atoms with E-state index >= 15 is 0 Å². The number of nitrogens with one attached hydrogen (secondary N) is 1. The van der Waals surface area contributed by atoms with Crippen molar-refractivity contribution >= 4 is 11.3 Å². The average Bonchev–Trinajstić information content (AvgIpc) is 3.13. The van der Waals surface area contributed by atoms with Crippen molar-refractivity contribution in [2.45, 2.75) is 50.0 Å². The van der Waals surface area contributed by atoms with E-state index in [9.17, 15) is 13.2 Å². The van der Waals surface area contributed by atoms with Crippen LogP contribution in [0.3, 0.4) is 0 Å². The lowest BCUT2D eigenvalue weighted by Crippen LogP contribution is -2.49. The van der Waals surface area contributed by atoms with Gasteiger partial charge in [0.1, 0.15) is 4.88 Å². The van der Waals surface area contributed by atoms with Gasteiger partial charge in [-0.3, -0.25) is 4.68 Å². The summed E-state index contributed by atoms with van der Waals surface area (Å²) in [5, 5.41) is 11.6. The molecular formula is C16H19F3N4OS. The smallest absolute Gasteiger partial charge is 0.370 e. The molecule has 0 aromatic carbocycles. The van der Waals surface area contributed by atoms with Crippen LogP contribution in [0.5, 0.6) is 0 Å². The maximum Gasteiger partial charge on any atom is 0.425 e. The first-order chi connectivity index (χ1) is 11.8. The lowest BCUT2D eigenvalue weighted by molar-refractivity contribution is -0.134. The van der Waals surface area contributed by atoms with Crippen LogP contribution < -0.4 is 5.32 Å². The van der Waals surface area contributed by atoms with Gasteiger partial charge in [-0.25, -0.2) is 0 Å². The minimum absolute atomic E-state index is 0.0981. The van der Waals surface area contributed by atoms with E-state index in [1.54, 1.807) is 11.7 Å². The molecule has 2 aromatic heterocycles. The molecule has 2 aromatic rings. The van der Waals surface area contributed by atoms with Crippen LogP contribution in [0.1, 0.15) is 46.8 Å². The first-order valence-electron chi connectivity index (χ1n) is 8.23. The maximum absolute atomic E-state index is 13.2. The molecule has 0 saturated carbocycles. The molecule has 0 bridgehead atoms. The Labute approximate surface area is 147 Å². The van der Waals surface area contributed by atoms with E-state index in [1.165, 1.54) is 6.07 Å². The van der Waals surface area contributed by atoms with Crippen LogP contribution in [0.15, 0.2) is 12.3 Å². The molecule has 0 radical (unpaired) electrons. The van der Waals surface area contributed by atoms with Gasteiger partial charge in [-0.15, -0.1) is 16.4 Å². The van der Waals surface area contributed by atoms with E-state index in [0.29, 0.717) is 31.4 Å². The van der Waals surface area contributed by atoms with Gasteiger partial charge >= 0.3 is 6.18 Å². The van der Waals surface area contributed by atoms with E-state index in [-0.39, 0.29) is 12.1 Å². The summed E-state index contributed by atoms with van der Waals surface area (Å²) in [6.45, 7) is 2.48. The van der Waals surface area contributed by atoms with Gasteiger partial charge < -0.3 is 10.1 Å². The summed E-state index contributed by atoms with van der Waals surface area (Å²) in [4.78, 5) is 0.259. The number of fused-ring (bicyclic) bond motifs is 2. The van der Waals surface area contributed by atoms with Crippen LogP contribution in [0.4, 0.5) is 13.2 Å². The molecule has 1 fully saturated rings. The highest BCUT2D eigenvalue weighted by molar-refractivity contribution is 7.12. The number of halogens is 3. The molecule has 1 saturated heterocycles. The fourth-order valence-electron chi connectivity index (χ4n) is 3.98. The topological polar surface area (TPSA) is 52.0 Å². The molecule has 0 amide bonds. The highest BCUT2D eigenvalue weighted by atomic mass is 32.1. The van der Waals surface area contributed by atoms with Crippen LogP contribution in [0, 0.1) is 0 Å². The van der Waals surface area contributed by atoms with E-state index in [4.69, 9.17) is 4.74 Å². The van der Waals surface area contributed by atoms with Crippen molar-refractivity contribution in [2.75, 3.05) is 6.61 Å². The Morgan fingerprint density at radius 3 is 2.88 bits per heavy atom. The van der Waals surface area contributed by atoms with Crippen molar-refractivity contribution in [1.82, 2.24) is 20.3 Å². The van der Waals surface area contributed by atoms with Crippen LogP contribution in [-0.4, -0.2) is 27.6 Å². The van der Waals surface area contributed by atoms with Crippen molar-refractivity contribution in [3.8, 4) is 0 Å². The molecule has 4 rings (SSSR count). The molecule has 2 aliphatic heterocycles. The zero-order chi connectivity index (χ0) is 17.8. The first-order valence-corrected chi connectivity index (χ1v) is 9.05. The quantitative estimate of drug-likeness (QED) is 0.835. The van der Waals surface area contributed by atoms with Gasteiger partial charge in [0.15, 0.2) is 0 Å². The molecule has 9 heteroatoms. The standard InChI is InChI=1S/C16H19F3N4OS/c1-9-6-15(7-11(20-9)12-8-23(2)22-21-12)10-5-14(16(17,18)19)25-13(10)3-4-24-15/h5,8-9,11,20H,3-4,6-7H2,1-2H3/t9-,11-,15-/m0/s1. The Balaban J connectivity index is 1.73. The summed E-state index contributed by atoms with van der Waals surface area (Å²) < 4.78 is 47.3. The number of nitrogens with zero attached hydrogens (tertiary/aromatic N) is 3. The summed E-state index contributed by atoms with van der Waals surface area (Å²) in [6.07, 6.45) is -0.745. The SMILES string of the molecule is C[C@H]1C[C@@]2(C[C@@H](c3cn(C)nn3)N1)OCCc1sc(C(F)(F)F)cc12. The van der Waals surface area contributed by atoms with E-state index in [0.717, 1.165) is 21.9 Å². The summed E-state index contributed by atoms with van der Waals surface area (Å²) >= 11 is 0.855. The largest absolute Gasteiger partial charge is 0.425 e. The van der Waals surface area contributed by atoms with Crippen molar-refractivity contribution in [3.05, 3.63) is 33.3 Å². The Hall–Kier alpha value is -1.45. The van der Waals surface area contributed by atoms with Crippen molar-refractivity contribution in [1.29, 1.82) is 0 Å². The number of aryl methyl sites for hydroxylation is 1. The Bertz CT molecular complexity index is 787. The maximum atomic E-state index is 13.2. The van der Waals surface area contributed by atoms with Gasteiger partial charge in [0.25, 0.3) is 0 Å². The van der Waals surface area contributed by atoms with Gasteiger partial charge in [0.2, 0.25) is 0 Å². The molecule has 1 spiro atoms. The number of aromatic nitrogens is 3. The van der Waals surface area contributed by atoms with Gasteiger partial charge in [0.05, 0.1) is 23.9 Å². The molecule has 1 N–H and O–H groups in total. The zero-order valence-electron chi connectivity index (χ0n) is 13.9. The summed E-state index contributed by atoms with van der Waals surface area (Å²) in [5.74, 6) is 0. The second-order valence-corrected chi connectivity index (χ2v) is 8.02. The van der Waals surface area contributed by atoms with E-state index < -0.39 is 16.7 Å². The molecule has 3 atom stereocenters. The number of thiophene rings is 1. The number of hydrogen-bond acceptors (Lipinski definition) is 5. The lowest BCUT2D eigenvalue weighted by Gasteiger charge is -2.46. The summed E-state index contributed by atoms with van der Waals surface area (Å²) in [7, 11) is 1.79. The minimum atomic E-state index is -4.31. The fourth-order valence-corrected chi connectivity index (χ4v) is 5.08. The Kier molecular flexibility index (Phi) is 3.93. The molecule has 0 aliphatic carbocycles. The lowest BCUT2D eigenvalue weighted by atomic mass is 9.76. The Morgan fingerprint density at radius 2 is 2.20 bits per heavy atom. The number of ether oxygens (including phenoxy) is 1. The predicted molar refractivity (Wildman–Crippen MR) is 86.2 cm³/mol. The summed E-state index contributed by atoms with van der Waals surface area (Å²) in [6, 6.07) is 1.30. The number of hydrogen-bond donors (Lipinski definition) is 1. The molecule has 2 aliphatic rings. The van der Waals surface area contributed by atoms with Crippen molar-refractivity contribution in [3.63, 3.8) is 0 Å². The third-order valence-electron chi connectivity index (χ3n) is 4.92. The third kappa shape index (κ3) is 2.98. The van der Waals surface area contributed by atoms with Crippen LogP contribution in [0.25, 0.3) is 0 Å². The first kappa shape index (κ1) is 17.0. The third-order valence-corrected chi connectivity index (χ3v) is 6.16. The Morgan fingerprint density at radius 1 is 1.40 bits per heavy atom. The van der Waals surface area contributed by atoms with Gasteiger partial charge in [-0.05, 0) is 25.0 Å². The number of rotatable bonds is 1. The van der Waals surface area contributed by atoms with Crippen LogP contribution in [0.2, 0.25) is 0 Å².